The quantitative estimate of drug-likeness (QED) is 0.466. The van der Waals surface area contributed by atoms with Gasteiger partial charge in [0.2, 0.25) is 17.7 Å². The first-order chi connectivity index (χ1) is 16.6. The van der Waals surface area contributed by atoms with Crippen molar-refractivity contribution in [3.63, 3.8) is 0 Å². The van der Waals surface area contributed by atoms with Crippen LogP contribution in [0.2, 0.25) is 0 Å². The molecule has 2 amide bonds. The average Bonchev–Trinajstić information content (AvgIpc) is 3.37. The molecule has 1 aliphatic heterocycles. The maximum atomic E-state index is 12.5. The summed E-state index contributed by atoms with van der Waals surface area (Å²) in [6, 6.07) is 17.5. The van der Waals surface area contributed by atoms with E-state index < -0.39 is 0 Å². The van der Waals surface area contributed by atoms with E-state index in [0.29, 0.717) is 30.7 Å². The van der Waals surface area contributed by atoms with Crippen molar-refractivity contribution in [1.82, 2.24) is 20.4 Å². The molecule has 1 aliphatic rings. The summed E-state index contributed by atoms with van der Waals surface area (Å²) in [5.74, 6) is 1.12. The number of aromatic nitrogens is 2. The van der Waals surface area contributed by atoms with Gasteiger partial charge in [0.1, 0.15) is 5.75 Å². The van der Waals surface area contributed by atoms with Crippen molar-refractivity contribution in [2.75, 3.05) is 50.5 Å². The van der Waals surface area contributed by atoms with E-state index in [9.17, 15) is 9.59 Å². The normalized spacial score (nSPS) is 13.6. The lowest BCUT2D eigenvalue weighted by molar-refractivity contribution is -0.131. The Kier molecular flexibility index (Phi) is 8.03. The zero-order valence-electron chi connectivity index (χ0n) is 19.0. The maximum Gasteiger partial charge on any atom is 0.277 e. The number of para-hydroxylation sites is 1. The van der Waals surface area contributed by atoms with Crippen LogP contribution in [0.25, 0.3) is 11.5 Å². The molecule has 1 saturated heterocycles. The van der Waals surface area contributed by atoms with Gasteiger partial charge in [-0.1, -0.05) is 30.0 Å². The number of piperazine rings is 1. The largest absolute Gasteiger partial charge is 0.497 e. The summed E-state index contributed by atoms with van der Waals surface area (Å²) in [5, 5.41) is 11.1. The Hall–Kier alpha value is -3.53. The van der Waals surface area contributed by atoms with E-state index >= 15 is 0 Å². The van der Waals surface area contributed by atoms with E-state index in [0.717, 1.165) is 36.2 Å². The van der Waals surface area contributed by atoms with E-state index in [2.05, 4.69) is 32.5 Å². The van der Waals surface area contributed by atoms with Crippen molar-refractivity contribution < 1.29 is 18.7 Å². The molecule has 0 spiro atoms. The van der Waals surface area contributed by atoms with Gasteiger partial charge in [0.05, 0.1) is 12.9 Å². The average molecular weight is 482 g/mol. The Morgan fingerprint density at radius 1 is 1.03 bits per heavy atom. The molecule has 9 nitrogen and oxygen atoms in total. The minimum atomic E-state index is -0.184. The number of hydrogen-bond donors (Lipinski definition) is 1. The molecule has 178 valence electrons. The smallest absolute Gasteiger partial charge is 0.277 e. The number of benzene rings is 2. The third kappa shape index (κ3) is 6.28. The van der Waals surface area contributed by atoms with Crippen LogP contribution >= 0.6 is 11.8 Å². The molecule has 0 unspecified atom stereocenters. The van der Waals surface area contributed by atoms with Crippen LogP contribution in [-0.2, 0) is 9.59 Å². The predicted molar refractivity (Wildman–Crippen MR) is 130 cm³/mol. The molecule has 10 heteroatoms. The number of nitrogens with zero attached hydrogens (tertiary/aromatic N) is 4. The Balaban J connectivity index is 1.14. The van der Waals surface area contributed by atoms with Gasteiger partial charge in [0.25, 0.3) is 5.22 Å². The second-order valence-corrected chi connectivity index (χ2v) is 8.62. The molecule has 0 bridgehead atoms. The van der Waals surface area contributed by atoms with Gasteiger partial charge in [-0.2, -0.15) is 0 Å². The molecule has 3 aromatic rings. The fourth-order valence-electron chi connectivity index (χ4n) is 3.62. The van der Waals surface area contributed by atoms with E-state index in [-0.39, 0.29) is 24.0 Å². The monoisotopic (exact) mass is 481 g/mol. The Labute approximate surface area is 202 Å². The molecule has 34 heavy (non-hydrogen) atoms. The van der Waals surface area contributed by atoms with Gasteiger partial charge in [-0.05, 0) is 36.4 Å². The molecular weight excluding hydrogens is 454 g/mol. The number of anilines is 1. The molecule has 1 fully saturated rings. The molecule has 0 radical (unpaired) electrons. The molecule has 0 saturated carbocycles. The van der Waals surface area contributed by atoms with Crippen molar-refractivity contribution >= 4 is 29.3 Å². The summed E-state index contributed by atoms with van der Waals surface area (Å²) in [6.07, 6.45) is 0.282. The maximum absolute atomic E-state index is 12.5. The zero-order chi connectivity index (χ0) is 23.8. The summed E-state index contributed by atoms with van der Waals surface area (Å²) in [6.45, 7) is 3.29. The van der Waals surface area contributed by atoms with Crippen LogP contribution in [0.3, 0.4) is 0 Å². The first kappa shape index (κ1) is 23.6. The van der Waals surface area contributed by atoms with Crippen molar-refractivity contribution in [3.8, 4) is 17.2 Å². The van der Waals surface area contributed by atoms with Crippen molar-refractivity contribution in [2.45, 2.75) is 11.6 Å². The molecule has 1 aromatic heterocycles. The van der Waals surface area contributed by atoms with Crippen LogP contribution in [0.5, 0.6) is 5.75 Å². The van der Waals surface area contributed by atoms with Crippen LogP contribution in [0.15, 0.2) is 64.2 Å². The number of carbonyl (C=O) groups excluding carboxylic acids is 2. The van der Waals surface area contributed by atoms with Crippen molar-refractivity contribution in [2.24, 2.45) is 0 Å². The minimum Gasteiger partial charge on any atom is -0.497 e. The van der Waals surface area contributed by atoms with Crippen LogP contribution < -0.4 is 15.0 Å². The number of hydrogen-bond acceptors (Lipinski definition) is 8. The van der Waals surface area contributed by atoms with Gasteiger partial charge in [0.15, 0.2) is 0 Å². The summed E-state index contributed by atoms with van der Waals surface area (Å²) in [7, 11) is 1.60. The van der Waals surface area contributed by atoms with E-state index in [4.69, 9.17) is 9.15 Å². The lowest BCUT2D eigenvalue weighted by Gasteiger charge is -2.36. The van der Waals surface area contributed by atoms with Crippen molar-refractivity contribution in [1.29, 1.82) is 0 Å². The number of amides is 2. The first-order valence-corrected chi connectivity index (χ1v) is 12.1. The molecule has 0 aliphatic carbocycles. The van der Waals surface area contributed by atoms with Gasteiger partial charge in [-0.3, -0.25) is 9.59 Å². The Morgan fingerprint density at radius 3 is 2.47 bits per heavy atom. The lowest BCUT2D eigenvalue weighted by atomic mass is 10.2. The lowest BCUT2D eigenvalue weighted by Crippen LogP contribution is -2.49. The first-order valence-electron chi connectivity index (χ1n) is 11.1. The Bertz CT molecular complexity index is 1080. The number of nitrogens with one attached hydrogen (secondary N) is 1. The summed E-state index contributed by atoms with van der Waals surface area (Å²) < 4.78 is 10.7. The highest BCUT2D eigenvalue weighted by molar-refractivity contribution is 7.99. The molecular formula is C24H27N5O4S. The van der Waals surface area contributed by atoms with Gasteiger partial charge in [-0.15, -0.1) is 10.2 Å². The topological polar surface area (TPSA) is 101 Å². The number of rotatable bonds is 9. The number of methoxy groups -OCH3 is 1. The standard InChI is InChI=1S/C24H27N5O4S/c1-32-20-9-7-18(8-10-20)23-26-27-24(33-23)34-17-21(30)25-12-11-22(31)29-15-13-28(14-16-29)19-5-3-2-4-6-19/h2-10H,11-17H2,1H3,(H,25,30). The summed E-state index contributed by atoms with van der Waals surface area (Å²) >= 11 is 1.16. The number of thioether (sulfide) groups is 1. The van der Waals surface area contributed by atoms with E-state index in [1.54, 1.807) is 7.11 Å². The van der Waals surface area contributed by atoms with Gasteiger partial charge < -0.3 is 24.3 Å². The van der Waals surface area contributed by atoms with Crippen LogP contribution in [-0.4, -0.2) is 72.5 Å². The Morgan fingerprint density at radius 2 is 1.76 bits per heavy atom. The van der Waals surface area contributed by atoms with E-state index in [1.807, 2.05) is 47.4 Å². The van der Waals surface area contributed by atoms with Gasteiger partial charge >= 0.3 is 0 Å². The van der Waals surface area contributed by atoms with Crippen LogP contribution in [0.1, 0.15) is 6.42 Å². The van der Waals surface area contributed by atoms with Gasteiger partial charge in [-0.25, -0.2) is 0 Å². The fourth-order valence-corrected chi connectivity index (χ4v) is 4.21. The van der Waals surface area contributed by atoms with Crippen LogP contribution in [0.4, 0.5) is 5.69 Å². The van der Waals surface area contributed by atoms with Crippen LogP contribution in [0, 0.1) is 0 Å². The predicted octanol–water partition coefficient (Wildman–Crippen LogP) is 2.69. The summed E-state index contributed by atoms with van der Waals surface area (Å²) in [4.78, 5) is 28.8. The highest BCUT2D eigenvalue weighted by Crippen LogP contribution is 2.24. The SMILES string of the molecule is COc1ccc(-c2nnc(SCC(=O)NCCC(=O)N3CCN(c4ccccc4)CC3)o2)cc1. The molecule has 2 heterocycles. The highest BCUT2D eigenvalue weighted by atomic mass is 32.2. The fraction of sp³-hybridized carbons (Fsp3) is 0.333. The minimum absolute atomic E-state index is 0.0571. The molecule has 2 aromatic carbocycles. The molecule has 4 rings (SSSR count). The third-order valence-electron chi connectivity index (χ3n) is 5.48. The second kappa shape index (κ2) is 11.6. The summed E-state index contributed by atoms with van der Waals surface area (Å²) in [5.41, 5.74) is 1.95. The van der Waals surface area contributed by atoms with Crippen molar-refractivity contribution in [3.05, 3.63) is 54.6 Å². The highest BCUT2D eigenvalue weighted by Gasteiger charge is 2.21. The second-order valence-electron chi connectivity index (χ2n) is 7.69. The van der Waals surface area contributed by atoms with Gasteiger partial charge in [0, 0.05) is 50.4 Å². The number of ether oxygens (including phenoxy) is 1. The van der Waals surface area contributed by atoms with E-state index in [1.165, 1.54) is 5.69 Å². The zero-order valence-corrected chi connectivity index (χ0v) is 19.8. The molecule has 1 N–H and O–H groups in total. The molecule has 0 atom stereocenters. The third-order valence-corrected chi connectivity index (χ3v) is 6.30. The number of carbonyl (C=O) groups is 2.